The Hall–Kier alpha value is -1.94. The number of carboxylic acid groups (broad SMARTS) is 1. The summed E-state index contributed by atoms with van der Waals surface area (Å²) in [6, 6.07) is 9.06. The average Bonchev–Trinajstić information content (AvgIpc) is 2.37. The van der Waals surface area contributed by atoms with Gasteiger partial charge in [0.05, 0.1) is 5.52 Å². The number of fused-ring (bicyclic) bond motifs is 1. The minimum atomic E-state index is -1.00. The van der Waals surface area contributed by atoms with Gasteiger partial charge in [-0.2, -0.15) is 0 Å². The summed E-state index contributed by atoms with van der Waals surface area (Å²) >= 11 is 0. The number of benzene rings is 1. The highest BCUT2D eigenvalue weighted by Crippen LogP contribution is 2.20. The number of aliphatic carboxylic acids is 1. The number of carbonyl (C=O) groups is 1. The summed E-state index contributed by atoms with van der Waals surface area (Å²) in [5, 5.41) is 9.87. The first-order chi connectivity index (χ1) is 8.97. The van der Waals surface area contributed by atoms with Crippen molar-refractivity contribution in [2.24, 2.45) is 5.73 Å². The smallest absolute Gasteiger partial charge is 0.320 e. The van der Waals surface area contributed by atoms with Crippen LogP contribution in [-0.2, 0) is 11.2 Å². The molecule has 19 heavy (non-hydrogen) atoms. The van der Waals surface area contributed by atoms with Gasteiger partial charge < -0.3 is 10.8 Å². The highest BCUT2D eigenvalue weighted by molar-refractivity contribution is 5.80. The lowest BCUT2D eigenvalue weighted by Gasteiger charge is -2.09. The SMILES string of the molecule is CC(C)c1ccc2nc(CC(N)C(=O)O)ccc2c1. The van der Waals surface area contributed by atoms with Crippen molar-refractivity contribution >= 4 is 16.9 Å². The summed E-state index contributed by atoms with van der Waals surface area (Å²) in [5.41, 5.74) is 8.37. The highest BCUT2D eigenvalue weighted by atomic mass is 16.4. The molecule has 0 radical (unpaired) electrons. The van der Waals surface area contributed by atoms with E-state index < -0.39 is 12.0 Å². The van der Waals surface area contributed by atoms with Crippen molar-refractivity contribution in [1.29, 1.82) is 0 Å². The van der Waals surface area contributed by atoms with Crippen LogP contribution in [0.25, 0.3) is 10.9 Å². The third kappa shape index (κ3) is 3.09. The van der Waals surface area contributed by atoms with Gasteiger partial charge in [-0.1, -0.05) is 26.0 Å². The van der Waals surface area contributed by atoms with E-state index in [1.165, 1.54) is 5.56 Å². The third-order valence-corrected chi connectivity index (χ3v) is 3.18. The number of pyridine rings is 1. The van der Waals surface area contributed by atoms with Gasteiger partial charge in [-0.15, -0.1) is 0 Å². The van der Waals surface area contributed by atoms with Crippen LogP contribution < -0.4 is 5.73 Å². The molecule has 0 aliphatic carbocycles. The van der Waals surface area contributed by atoms with Crippen LogP contribution in [0, 0.1) is 0 Å². The van der Waals surface area contributed by atoms with E-state index >= 15 is 0 Å². The Morgan fingerprint density at radius 2 is 2.05 bits per heavy atom. The molecule has 0 aliphatic rings. The molecule has 1 heterocycles. The van der Waals surface area contributed by atoms with E-state index in [0.29, 0.717) is 11.6 Å². The lowest BCUT2D eigenvalue weighted by Crippen LogP contribution is -2.32. The number of carboxylic acids is 1. The molecule has 0 fully saturated rings. The number of aromatic nitrogens is 1. The first kappa shape index (κ1) is 13.5. The normalized spacial score (nSPS) is 12.8. The second kappa shape index (κ2) is 5.36. The maximum atomic E-state index is 10.7. The monoisotopic (exact) mass is 258 g/mol. The Morgan fingerprint density at radius 1 is 1.32 bits per heavy atom. The molecule has 4 nitrogen and oxygen atoms in total. The predicted molar refractivity (Wildman–Crippen MR) is 75.1 cm³/mol. The molecule has 1 atom stereocenters. The second-order valence-corrected chi connectivity index (χ2v) is 5.06. The fraction of sp³-hybridized carbons (Fsp3) is 0.333. The van der Waals surface area contributed by atoms with Crippen LogP contribution in [0.15, 0.2) is 30.3 Å². The molecular weight excluding hydrogens is 240 g/mol. The first-order valence-corrected chi connectivity index (χ1v) is 6.35. The number of rotatable bonds is 4. The van der Waals surface area contributed by atoms with Crippen molar-refractivity contribution < 1.29 is 9.90 Å². The third-order valence-electron chi connectivity index (χ3n) is 3.18. The summed E-state index contributed by atoms with van der Waals surface area (Å²) in [5.74, 6) is -0.526. The molecule has 0 saturated heterocycles. The molecule has 100 valence electrons. The van der Waals surface area contributed by atoms with E-state index in [0.717, 1.165) is 10.9 Å². The van der Waals surface area contributed by atoms with Crippen molar-refractivity contribution in [2.45, 2.75) is 32.2 Å². The molecule has 2 aromatic rings. The molecule has 0 amide bonds. The van der Waals surface area contributed by atoms with Gasteiger partial charge in [-0.25, -0.2) is 0 Å². The van der Waals surface area contributed by atoms with Gasteiger partial charge in [-0.3, -0.25) is 9.78 Å². The number of hydrogen-bond acceptors (Lipinski definition) is 3. The maximum Gasteiger partial charge on any atom is 0.320 e. The van der Waals surface area contributed by atoms with Crippen molar-refractivity contribution in [1.82, 2.24) is 4.98 Å². The Morgan fingerprint density at radius 3 is 2.68 bits per heavy atom. The topological polar surface area (TPSA) is 76.2 Å². The summed E-state index contributed by atoms with van der Waals surface area (Å²) in [6.07, 6.45) is 0.247. The zero-order valence-electron chi connectivity index (χ0n) is 11.1. The summed E-state index contributed by atoms with van der Waals surface area (Å²) in [7, 11) is 0. The van der Waals surface area contributed by atoms with Crippen LogP contribution >= 0.6 is 0 Å². The minimum absolute atomic E-state index is 0.247. The molecule has 0 bridgehead atoms. The number of nitrogens with zero attached hydrogens (tertiary/aromatic N) is 1. The van der Waals surface area contributed by atoms with E-state index in [1.54, 1.807) is 0 Å². The van der Waals surface area contributed by atoms with Gasteiger partial charge in [0.2, 0.25) is 0 Å². The van der Waals surface area contributed by atoms with Crippen LogP contribution in [0.1, 0.15) is 31.0 Å². The molecule has 4 heteroatoms. The molecule has 1 aromatic heterocycles. The highest BCUT2D eigenvalue weighted by Gasteiger charge is 2.13. The van der Waals surface area contributed by atoms with E-state index in [1.807, 2.05) is 18.2 Å². The van der Waals surface area contributed by atoms with E-state index in [9.17, 15) is 4.79 Å². The fourth-order valence-corrected chi connectivity index (χ4v) is 1.97. The molecular formula is C15H18N2O2. The quantitative estimate of drug-likeness (QED) is 0.882. The van der Waals surface area contributed by atoms with Crippen LogP contribution in [0.5, 0.6) is 0 Å². The van der Waals surface area contributed by atoms with Crippen LogP contribution in [0.4, 0.5) is 0 Å². The average molecular weight is 258 g/mol. The Kier molecular flexibility index (Phi) is 3.81. The zero-order chi connectivity index (χ0) is 14.0. The minimum Gasteiger partial charge on any atom is -0.480 e. The Labute approximate surface area is 112 Å². The van der Waals surface area contributed by atoms with E-state index in [4.69, 9.17) is 10.8 Å². The van der Waals surface area contributed by atoms with Crippen LogP contribution in [0.3, 0.4) is 0 Å². The standard InChI is InChI=1S/C15H18N2O2/c1-9(2)10-4-6-14-11(7-10)3-5-12(17-14)8-13(16)15(18)19/h3-7,9,13H,8,16H2,1-2H3,(H,18,19). The van der Waals surface area contributed by atoms with Crippen molar-refractivity contribution in [3.8, 4) is 0 Å². The van der Waals surface area contributed by atoms with Gasteiger partial charge in [-0.05, 0) is 29.7 Å². The molecule has 2 rings (SSSR count). The molecule has 1 unspecified atom stereocenters. The lowest BCUT2D eigenvalue weighted by molar-refractivity contribution is -0.138. The van der Waals surface area contributed by atoms with E-state index in [-0.39, 0.29) is 6.42 Å². The Balaban J connectivity index is 2.31. The summed E-state index contributed by atoms with van der Waals surface area (Å²) < 4.78 is 0. The maximum absolute atomic E-state index is 10.7. The molecule has 1 aromatic carbocycles. The van der Waals surface area contributed by atoms with Gasteiger partial charge in [0.1, 0.15) is 6.04 Å². The van der Waals surface area contributed by atoms with Crippen LogP contribution in [-0.4, -0.2) is 22.1 Å². The van der Waals surface area contributed by atoms with Crippen LogP contribution in [0.2, 0.25) is 0 Å². The summed E-state index contributed by atoms with van der Waals surface area (Å²) in [4.78, 5) is 15.2. The van der Waals surface area contributed by atoms with Crippen molar-refractivity contribution in [2.75, 3.05) is 0 Å². The van der Waals surface area contributed by atoms with Crippen molar-refractivity contribution in [3.05, 3.63) is 41.6 Å². The van der Waals surface area contributed by atoms with Gasteiger partial charge in [0.25, 0.3) is 0 Å². The number of hydrogen-bond donors (Lipinski definition) is 2. The van der Waals surface area contributed by atoms with Gasteiger partial charge in [0, 0.05) is 17.5 Å². The number of nitrogens with two attached hydrogens (primary N) is 1. The second-order valence-electron chi connectivity index (χ2n) is 5.06. The Bertz CT molecular complexity index is 608. The first-order valence-electron chi connectivity index (χ1n) is 6.35. The van der Waals surface area contributed by atoms with E-state index in [2.05, 4.69) is 31.0 Å². The van der Waals surface area contributed by atoms with Gasteiger partial charge in [0.15, 0.2) is 0 Å². The molecule has 0 spiro atoms. The van der Waals surface area contributed by atoms with Gasteiger partial charge >= 0.3 is 5.97 Å². The predicted octanol–water partition coefficient (Wildman–Crippen LogP) is 2.31. The molecule has 0 saturated carbocycles. The largest absolute Gasteiger partial charge is 0.480 e. The zero-order valence-corrected chi connectivity index (χ0v) is 11.1. The fourth-order valence-electron chi connectivity index (χ4n) is 1.97. The lowest BCUT2D eigenvalue weighted by atomic mass is 10.0. The molecule has 0 aliphatic heterocycles. The molecule has 3 N–H and O–H groups in total. The van der Waals surface area contributed by atoms with Crippen molar-refractivity contribution in [3.63, 3.8) is 0 Å². The summed E-state index contributed by atoms with van der Waals surface area (Å²) in [6.45, 7) is 4.30.